The summed E-state index contributed by atoms with van der Waals surface area (Å²) in [5, 5.41) is 2.58. The number of ether oxygens (including phenoxy) is 2. The van der Waals surface area contributed by atoms with E-state index in [4.69, 9.17) is 9.47 Å². The van der Waals surface area contributed by atoms with Gasteiger partial charge in [-0.3, -0.25) is 9.59 Å². The maximum Gasteiger partial charge on any atom is 0.328 e. The van der Waals surface area contributed by atoms with E-state index in [0.717, 1.165) is 19.3 Å². The van der Waals surface area contributed by atoms with Crippen LogP contribution in [0.1, 0.15) is 105 Å². The maximum atomic E-state index is 12.6. The fraction of sp³-hybridized carbons (Fsp3) is 0.875. The number of carbonyl (C=O) groups is 3. The van der Waals surface area contributed by atoms with Crippen LogP contribution in [-0.4, -0.2) is 36.6 Å². The van der Waals surface area contributed by atoms with Gasteiger partial charge in [0.15, 0.2) is 0 Å². The van der Waals surface area contributed by atoms with Crippen LogP contribution >= 0.6 is 0 Å². The third kappa shape index (κ3) is 10.4. The van der Waals surface area contributed by atoms with Gasteiger partial charge in [-0.15, -0.1) is 0 Å². The standard InChI is InChI=1S/C24H43NO5/c1-5-6-7-8-9-10-11-12-13-14-20(16-22-19(4)23(27)30-22)29-24(28)21(25-17-26)15-18(2)3/h17-22H,5-16H2,1-4H3,(H,25,26)/t19-,20?,21-,22?/m0/s1. The van der Waals surface area contributed by atoms with Crippen molar-refractivity contribution in [3.05, 3.63) is 0 Å². The molecular formula is C24H43NO5. The van der Waals surface area contributed by atoms with E-state index in [-0.39, 0.29) is 30.0 Å². The van der Waals surface area contributed by atoms with Gasteiger partial charge in [0.25, 0.3) is 0 Å². The van der Waals surface area contributed by atoms with Crippen molar-refractivity contribution in [3.63, 3.8) is 0 Å². The molecule has 0 aliphatic carbocycles. The van der Waals surface area contributed by atoms with Crippen LogP contribution in [0.3, 0.4) is 0 Å². The van der Waals surface area contributed by atoms with Gasteiger partial charge in [-0.2, -0.15) is 0 Å². The zero-order valence-corrected chi connectivity index (χ0v) is 19.5. The molecule has 0 aromatic rings. The summed E-state index contributed by atoms with van der Waals surface area (Å²) in [5.41, 5.74) is 0. The number of esters is 2. The van der Waals surface area contributed by atoms with Crippen molar-refractivity contribution < 1.29 is 23.9 Å². The number of nitrogens with one attached hydrogen (secondary N) is 1. The number of cyclic esters (lactones) is 1. The zero-order valence-electron chi connectivity index (χ0n) is 19.5. The molecule has 4 atom stereocenters. The molecule has 174 valence electrons. The monoisotopic (exact) mass is 425 g/mol. The van der Waals surface area contributed by atoms with Crippen molar-refractivity contribution in [2.45, 2.75) is 123 Å². The summed E-state index contributed by atoms with van der Waals surface area (Å²) < 4.78 is 11.0. The highest BCUT2D eigenvalue weighted by Gasteiger charge is 2.40. The molecule has 30 heavy (non-hydrogen) atoms. The molecule has 2 unspecified atom stereocenters. The quantitative estimate of drug-likeness (QED) is 0.191. The Morgan fingerprint density at radius 2 is 1.70 bits per heavy atom. The van der Waals surface area contributed by atoms with Gasteiger partial charge in [-0.05, 0) is 32.1 Å². The molecule has 0 aromatic carbocycles. The van der Waals surface area contributed by atoms with E-state index in [1.165, 1.54) is 44.9 Å². The van der Waals surface area contributed by atoms with Crippen LogP contribution in [0.2, 0.25) is 0 Å². The van der Waals surface area contributed by atoms with Gasteiger partial charge in [0, 0.05) is 6.42 Å². The van der Waals surface area contributed by atoms with Crippen molar-refractivity contribution in [2.24, 2.45) is 11.8 Å². The van der Waals surface area contributed by atoms with Gasteiger partial charge in [-0.25, -0.2) is 4.79 Å². The average molecular weight is 426 g/mol. The third-order valence-corrected chi connectivity index (χ3v) is 5.87. The summed E-state index contributed by atoms with van der Waals surface area (Å²) in [4.78, 5) is 34.9. The van der Waals surface area contributed by atoms with Crippen LogP contribution < -0.4 is 5.32 Å². The van der Waals surface area contributed by atoms with E-state index < -0.39 is 12.0 Å². The second-order valence-corrected chi connectivity index (χ2v) is 9.14. The fourth-order valence-electron chi connectivity index (χ4n) is 3.89. The second kappa shape index (κ2) is 15.2. The van der Waals surface area contributed by atoms with Gasteiger partial charge in [-0.1, -0.05) is 72.1 Å². The largest absolute Gasteiger partial charge is 0.461 e. The number of amides is 1. The Kier molecular flexibility index (Phi) is 13.4. The molecule has 0 saturated carbocycles. The molecule has 1 N–H and O–H groups in total. The minimum absolute atomic E-state index is 0.145. The first-order valence-corrected chi connectivity index (χ1v) is 12.0. The lowest BCUT2D eigenvalue weighted by atomic mass is 9.92. The topological polar surface area (TPSA) is 81.7 Å². The van der Waals surface area contributed by atoms with Gasteiger partial charge >= 0.3 is 11.9 Å². The van der Waals surface area contributed by atoms with Crippen LogP contribution in [0.5, 0.6) is 0 Å². The van der Waals surface area contributed by atoms with Crippen molar-refractivity contribution in [3.8, 4) is 0 Å². The lowest BCUT2D eigenvalue weighted by Gasteiger charge is -2.35. The molecule has 0 spiro atoms. The van der Waals surface area contributed by atoms with Crippen LogP contribution in [-0.2, 0) is 23.9 Å². The Balaban J connectivity index is 2.44. The molecule has 0 bridgehead atoms. The van der Waals surface area contributed by atoms with Crippen LogP contribution in [0.15, 0.2) is 0 Å². The molecule has 0 radical (unpaired) electrons. The molecule has 1 rings (SSSR count). The summed E-state index contributed by atoms with van der Waals surface area (Å²) in [7, 11) is 0. The predicted octanol–water partition coefficient (Wildman–Crippen LogP) is 4.93. The highest BCUT2D eigenvalue weighted by Crippen LogP contribution is 2.28. The van der Waals surface area contributed by atoms with E-state index in [1.54, 1.807) is 0 Å². The Bertz CT molecular complexity index is 508. The Hall–Kier alpha value is -1.59. The highest BCUT2D eigenvalue weighted by atomic mass is 16.6. The van der Waals surface area contributed by atoms with Crippen LogP contribution in [0.4, 0.5) is 0 Å². The van der Waals surface area contributed by atoms with E-state index in [9.17, 15) is 14.4 Å². The summed E-state index contributed by atoms with van der Waals surface area (Å²) in [6.07, 6.45) is 13.0. The lowest BCUT2D eigenvalue weighted by Crippen LogP contribution is -2.46. The summed E-state index contributed by atoms with van der Waals surface area (Å²) in [6.45, 7) is 8.09. The molecule has 6 heteroatoms. The normalized spacial score (nSPS) is 20.2. The first-order chi connectivity index (χ1) is 14.4. The van der Waals surface area contributed by atoms with Crippen molar-refractivity contribution in [2.75, 3.05) is 0 Å². The smallest absolute Gasteiger partial charge is 0.328 e. The van der Waals surface area contributed by atoms with Gasteiger partial charge in [0.05, 0.1) is 5.92 Å². The van der Waals surface area contributed by atoms with E-state index in [2.05, 4.69) is 12.2 Å². The molecule has 6 nitrogen and oxygen atoms in total. The molecule has 1 amide bonds. The number of carbonyl (C=O) groups excluding carboxylic acids is 3. The predicted molar refractivity (Wildman–Crippen MR) is 118 cm³/mol. The first-order valence-electron chi connectivity index (χ1n) is 12.0. The van der Waals surface area contributed by atoms with E-state index in [1.807, 2.05) is 20.8 Å². The Morgan fingerprint density at radius 3 is 2.20 bits per heavy atom. The first kappa shape index (κ1) is 26.4. The minimum Gasteiger partial charge on any atom is -0.461 e. The molecule has 1 aliphatic heterocycles. The zero-order chi connectivity index (χ0) is 22.4. The number of hydrogen-bond donors (Lipinski definition) is 1. The van der Waals surface area contributed by atoms with Crippen LogP contribution in [0.25, 0.3) is 0 Å². The minimum atomic E-state index is -0.630. The molecular weight excluding hydrogens is 382 g/mol. The SMILES string of the molecule is CCCCCCCCCCCC(CC1OC(=O)[C@H]1C)OC(=O)[C@H](CC(C)C)NC=O. The average Bonchev–Trinajstić information content (AvgIpc) is 2.71. The number of hydrogen-bond acceptors (Lipinski definition) is 5. The van der Waals surface area contributed by atoms with Crippen molar-refractivity contribution in [1.29, 1.82) is 0 Å². The number of unbranched alkanes of at least 4 members (excludes halogenated alkanes) is 8. The fourth-order valence-corrected chi connectivity index (χ4v) is 3.89. The lowest BCUT2D eigenvalue weighted by molar-refractivity contribution is -0.187. The molecule has 1 aliphatic rings. The van der Waals surface area contributed by atoms with Gasteiger partial charge in [0.1, 0.15) is 18.2 Å². The Labute approximate surface area is 182 Å². The number of rotatable bonds is 18. The van der Waals surface area contributed by atoms with Crippen molar-refractivity contribution in [1.82, 2.24) is 5.32 Å². The third-order valence-electron chi connectivity index (χ3n) is 5.87. The van der Waals surface area contributed by atoms with Gasteiger partial charge < -0.3 is 14.8 Å². The maximum absolute atomic E-state index is 12.6. The second-order valence-electron chi connectivity index (χ2n) is 9.14. The molecule has 1 heterocycles. The summed E-state index contributed by atoms with van der Waals surface area (Å²) in [5.74, 6) is -0.462. The molecule has 0 aromatic heterocycles. The molecule has 1 fully saturated rings. The highest BCUT2D eigenvalue weighted by molar-refractivity contribution is 5.79. The van der Waals surface area contributed by atoms with Gasteiger partial charge in [0.2, 0.25) is 6.41 Å². The Morgan fingerprint density at radius 1 is 1.10 bits per heavy atom. The van der Waals surface area contributed by atoms with E-state index >= 15 is 0 Å². The summed E-state index contributed by atoms with van der Waals surface area (Å²) in [6, 6.07) is -0.630. The van der Waals surface area contributed by atoms with Crippen LogP contribution in [0, 0.1) is 11.8 Å². The summed E-state index contributed by atoms with van der Waals surface area (Å²) >= 11 is 0. The van der Waals surface area contributed by atoms with Crippen molar-refractivity contribution >= 4 is 18.3 Å². The van der Waals surface area contributed by atoms with E-state index in [0.29, 0.717) is 19.3 Å². The molecule has 1 saturated heterocycles.